The highest BCUT2D eigenvalue weighted by Gasteiger charge is 2.36. The van der Waals surface area contributed by atoms with Gasteiger partial charge in [-0.25, -0.2) is 0 Å². The first kappa shape index (κ1) is 23.7. The average molecular weight is 486 g/mol. The van der Waals surface area contributed by atoms with E-state index in [2.05, 4.69) is 17.0 Å². The van der Waals surface area contributed by atoms with Crippen molar-refractivity contribution >= 4 is 17.5 Å². The van der Waals surface area contributed by atoms with E-state index >= 15 is 0 Å². The molecule has 7 heteroatoms. The first-order valence-corrected chi connectivity index (χ1v) is 12.3. The van der Waals surface area contributed by atoms with Gasteiger partial charge in [0.1, 0.15) is 0 Å². The summed E-state index contributed by atoms with van der Waals surface area (Å²) in [5, 5.41) is 0. The number of para-hydroxylation sites is 1. The fourth-order valence-electron chi connectivity index (χ4n) is 5.14. The number of rotatable bonds is 7. The molecule has 1 fully saturated rings. The van der Waals surface area contributed by atoms with Gasteiger partial charge in [0.25, 0.3) is 5.91 Å². The van der Waals surface area contributed by atoms with Crippen LogP contribution in [0.5, 0.6) is 11.5 Å². The monoisotopic (exact) mass is 485 g/mol. The van der Waals surface area contributed by atoms with Crippen LogP contribution in [0.3, 0.4) is 0 Å². The van der Waals surface area contributed by atoms with Crippen LogP contribution in [0.15, 0.2) is 72.8 Å². The summed E-state index contributed by atoms with van der Waals surface area (Å²) in [6.07, 6.45) is 0.209. The molecule has 0 spiro atoms. The minimum Gasteiger partial charge on any atom is -0.493 e. The first-order chi connectivity index (χ1) is 17.6. The van der Waals surface area contributed by atoms with E-state index in [-0.39, 0.29) is 18.2 Å². The largest absolute Gasteiger partial charge is 0.493 e. The Morgan fingerprint density at radius 2 is 1.56 bits per heavy atom. The van der Waals surface area contributed by atoms with Gasteiger partial charge in [-0.05, 0) is 41.5 Å². The molecule has 0 unspecified atom stereocenters. The number of benzene rings is 3. The number of nitrogens with zero attached hydrogens (tertiary/aromatic N) is 3. The lowest BCUT2D eigenvalue weighted by Gasteiger charge is -2.37. The van der Waals surface area contributed by atoms with E-state index in [1.165, 1.54) is 5.69 Å². The molecule has 2 aliphatic heterocycles. The molecule has 0 aromatic heterocycles. The molecule has 3 aromatic rings. The predicted molar refractivity (Wildman–Crippen MR) is 138 cm³/mol. The van der Waals surface area contributed by atoms with Crippen molar-refractivity contribution < 1.29 is 19.1 Å². The zero-order chi connectivity index (χ0) is 25.1. The number of fused-ring (bicyclic) bond motifs is 1. The molecule has 186 valence electrons. The van der Waals surface area contributed by atoms with E-state index in [4.69, 9.17) is 9.47 Å². The number of anilines is 1. The summed E-state index contributed by atoms with van der Waals surface area (Å²) in [6.45, 7) is 3.35. The highest BCUT2D eigenvalue weighted by Crippen LogP contribution is 2.37. The minimum absolute atomic E-state index is 0.0475. The molecular weight excluding hydrogens is 454 g/mol. The van der Waals surface area contributed by atoms with Gasteiger partial charge in [0.05, 0.1) is 26.7 Å². The van der Waals surface area contributed by atoms with Gasteiger partial charge in [-0.15, -0.1) is 0 Å². The van der Waals surface area contributed by atoms with E-state index in [9.17, 15) is 9.59 Å². The Hall–Kier alpha value is -4.00. The minimum atomic E-state index is -0.413. The highest BCUT2D eigenvalue weighted by molar-refractivity contribution is 5.98. The molecule has 3 aromatic carbocycles. The molecule has 2 aliphatic rings. The van der Waals surface area contributed by atoms with Gasteiger partial charge in [-0.1, -0.05) is 42.5 Å². The standard InChI is InChI=1S/C29H31N3O4/c1-35-26-13-12-21(18-27(26)36-2)25(32-20-22-8-6-7-11-24(22)29(32)34)19-28(33)31-16-14-30(15-17-31)23-9-4-3-5-10-23/h3-13,18,25H,14-17,19-20H2,1-2H3/t25-/m1/s1. The van der Waals surface area contributed by atoms with Gasteiger partial charge in [0, 0.05) is 44.0 Å². The van der Waals surface area contributed by atoms with Crippen molar-refractivity contribution in [2.45, 2.75) is 19.0 Å². The van der Waals surface area contributed by atoms with Crippen LogP contribution >= 0.6 is 0 Å². The van der Waals surface area contributed by atoms with Gasteiger partial charge in [0.2, 0.25) is 5.91 Å². The van der Waals surface area contributed by atoms with Gasteiger partial charge in [-0.3, -0.25) is 9.59 Å². The van der Waals surface area contributed by atoms with E-state index in [0.29, 0.717) is 36.7 Å². The number of ether oxygens (including phenoxy) is 2. The molecule has 1 atom stereocenters. The van der Waals surface area contributed by atoms with Crippen molar-refractivity contribution in [2.24, 2.45) is 0 Å². The third-order valence-corrected chi connectivity index (χ3v) is 7.14. The molecule has 0 aliphatic carbocycles. The Bertz CT molecular complexity index is 1240. The van der Waals surface area contributed by atoms with Gasteiger partial charge < -0.3 is 24.2 Å². The summed E-state index contributed by atoms with van der Waals surface area (Å²) in [4.78, 5) is 33.0. The Kier molecular flexibility index (Phi) is 6.80. The second-order valence-corrected chi connectivity index (χ2v) is 9.13. The summed E-state index contributed by atoms with van der Waals surface area (Å²) in [7, 11) is 3.18. The average Bonchev–Trinajstić information content (AvgIpc) is 3.27. The zero-order valence-corrected chi connectivity index (χ0v) is 20.7. The Morgan fingerprint density at radius 3 is 2.25 bits per heavy atom. The van der Waals surface area contributed by atoms with Crippen LogP contribution in [0.2, 0.25) is 0 Å². The smallest absolute Gasteiger partial charge is 0.255 e. The molecule has 2 amide bonds. The van der Waals surface area contributed by atoms with Crippen molar-refractivity contribution in [3.63, 3.8) is 0 Å². The fraction of sp³-hybridized carbons (Fsp3) is 0.310. The SMILES string of the molecule is COc1ccc([C@@H](CC(=O)N2CCN(c3ccccc3)CC2)N2Cc3ccccc3C2=O)cc1OC. The number of amides is 2. The van der Waals surface area contributed by atoms with Crippen LogP contribution in [0.4, 0.5) is 5.69 Å². The fourth-order valence-corrected chi connectivity index (χ4v) is 5.14. The van der Waals surface area contributed by atoms with E-state index in [1.807, 2.05) is 70.5 Å². The van der Waals surface area contributed by atoms with Crippen molar-refractivity contribution in [3.8, 4) is 11.5 Å². The Labute approximate surface area is 211 Å². The number of carbonyl (C=O) groups is 2. The van der Waals surface area contributed by atoms with Crippen molar-refractivity contribution in [1.82, 2.24) is 9.80 Å². The summed E-state index contributed by atoms with van der Waals surface area (Å²) in [5.74, 6) is 1.19. The molecular formula is C29H31N3O4. The van der Waals surface area contributed by atoms with E-state index in [0.717, 1.165) is 24.2 Å². The van der Waals surface area contributed by atoms with Crippen LogP contribution in [0.25, 0.3) is 0 Å². The summed E-state index contributed by atoms with van der Waals surface area (Å²) < 4.78 is 10.9. The zero-order valence-electron chi connectivity index (χ0n) is 20.7. The third-order valence-electron chi connectivity index (χ3n) is 7.14. The molecule has 36 heavy (non-hydrogen) atoms. The third kappa shape index (κ3) is 4.61. The molecule has 7 nitrogen and oxygen atoms in total. The molecule has 0 bridgehead atoms. The van der Waals surface area contributed by atoms with Crippen LogP contribution in [-0.4, -0.2) is 62.0 Å². The Morgan fingerprint density at radius 1 is 0.861 bits per heavy atom. The first-order valence-electron chi connectivity index (χ1n) is 12.3. The maximum Gasteiger partial charge on any atom is 0.255 e. The number of hydrogen-bond acceptors (Lipinski definition) is 5. The normalized spacial score (nSPS) is 16.1. The number of methoxy groups -OCH3 is 2. The Balaban J connectivity index is 1.37. The summed E-state index contributed by atoms with van der Waals surface area (Å²) in [6, 6.07) is 23.1. The number of carbonyl (C=O) groups excluding carboxylic acids is 2. The maximum atomic E-state index is 13.6. The van der Waals surface area contributed by atoms with Gasteiger partial charge in [0.15, 0.2) is 11.5 Å². The van der Waals surface area contributed by atoms with Crippen LogP contribution in [0, 0.1) is 0 Å². The second-order valence-electron chi connectivity index (χ2n) is 9.13. The number of hydrogen-bond donors (Lipinski definition) is 0. The predicted octanol–water partition coefficient (Wildman–Crippen LogP) is 4.14. The maximum absolute atomic E-state index is 13.6. The second kappa shape index (κ2) is 10.3. The van der Waals surface area contributed by atoms with E-state index < -0.39 is 6.04 Å². The van der Waals surface area contributed by atoms with Crippen molar-refractivity contribution in [2.75, 3.05) is 45.3 Å². The van der Waals surface area contributed by atoms with Crippen molar-refractivity contribution in [3.05, 3.63) is 89.5 Å². The molecule has 2 heterocycles. The lowest BCUT2D eigenvalue weighted by Crippen LogP contribution is -2.49. The van der Waals surface area contributed by atoms with Crippen LogP contribution in [-0.2, 0) is 11.3 Å². The quantitative estimate of drug-likeness (QED) is 0.503. The topological polar surface area (TPSA) is 62.3 Å². The van der Waals surface area contributed by atoms with Crippen molar-refractivity contribution in [1.29, 1.82) is 0 Å². The molecule has 1 saturated heterocycles. The van der Waals surface area contributed by atoms with Gasteiger partial charge in [-0.2, -0.15) is 0 Å². The summed E-state index contributed by atoms with van der Waals surface area (Å²) >= 11 is 0. The summed E-state index contributed by atoms with van der Waals surface area (Å²) in [5.41, 5.74) is 3.71. The van der Waals surface area contributed by atoms with E-state index in [1.54, 1.807) is 14.2 Å². The molecule has 0 N–H and O–H groups in total. The molecule has 0 saturated carbocycles. The highest BCUT2D eigenvalue weighted by atomic mass is 16.5. The molecule has 5 rings (SSSR count). The van der Waals surface area contributed by atoms with Gasteiger partial charge >= 0.3 is 0 Å². The number of piperazine rings is 1. The van der Waals surface area contributed by atoms with Crippen LogP contribution in [0.1, 0.15) is 33.9 Å². The lowest BCUT2D eigenvalue weighted by molar-refractivity contribution is -0.132. The van der Waals surface area contributed by atoms with Crippen LogP contribution < -0.4 is 14.4 Å². The molecule has 0 radical (unpaired) electrons. The lowest BCUT2D eigenvalue weighted by atomic mass is 10.00.